The molecule has 1 nitrogen and oxygen atoms in total. The average Bonchev–Trinajstić information content (AvgIpc) is 2.20. The molecule has 3 rings (SSSR count). The first kappa shape index (κ1) is 10.1. The van der Waals surface area contributed by atoms with Crippen LogP contribution in [-0.4, -0.2) is 5.78 Å². The van der Waals surface area contributed by atoms with Crippen molar-refractivity contribution in [3.63, 3.8) is 0 Å². The molecule has 0 N–H and O–H groups in total. The normalized spacial score (nSPS) is 23.1. The van der Waals surface area contributed by atoms with Crippen molar-refractivity contribution in [2.45, 2.75) is 44.4 Å². The smallest absolute Gasteiger partial charge is 0.133 e. The zero-order valence-corrected chi connectivity index (χ0v) is 9.61. The summed E-state index contributed by atoms with van der Waals surface area (Å²) >= 11 is 0. The fourth-order valence-corrected chi connectivity index (χ4v) is 2.92. The van der Waals surface area contributed by atoms with Gasteiger partial charge in [-0.05, 0) is 29.4 Å². The highest BCUT2D eigenvalue weighted by atomic mass is 16.1. The molecule has 2 aliphatic rings. The molecule has 1 unspecified atom stereocenters. The van der Waals surface area contributed by atoms with Crippen LogP contribution in [0.15, 0.2) is 24.3 Å². The second-order valence-electron chi connectivity index (χ2n) is 5.34. The first-order chi connectivity index (χ1) is 7.83. The van der Waals surface area contributed by atoms with E-state index in [4.69, 9.17) is 0 Å². The van der Waals surface area contributed by atoms with E-state index in [1.807, 2.05) is 0 Å². The van der Waals surface area contributed by atoms with Gasteiger partial charge in [-0.25, -0.2) is 0 Å². The predicted molar refractivity (Wildman–Crippen MR) is 64.5 cm³/mol. The number of Topliss-reactive ketones (excluding diaryl/α,β-unsaturated/α-hetero) is 1. The van der Waals surface area contributed by atoms with Gasteiger partial charge in [0.2, 0.25) is 0 Å². The van der Waals surface area contributed by atoms with Crippen LogP contribution < -0.4 is 0 Å². The molecule has 0 spiro atoms. The summed E-state index contributed by atoms with van der Waals surface area (Å²) < 4.78 is 0. The summed E-state index contributed by atoms with van der Waals surface area (Å²) in [6.07, 6.45) is 6.66. The molecule has 0 saturated heterocycles. The number of ketones is 1. The van der Waals surface area contributed by atoms with Crippen LogP contribution in [0.4, 0.5) is 0 Å². The molecule has 0 aromatic heterocycles. The first-order valence-electron chi connectivity index (χ1n) is 6.42. The Labute approximate surface area is 96.9 Å². The van der Waals surface area contributed by atoms with Crippen molar-refractivity contribution in [2.24, 2.45) is 5.92 Å². The largest absolute Gasteiger partial charge is 0.300 e. The molecule has 1 fully saturated rings. The molecular weight excluding hydrogens is 196 g/mol. The lowest BCUT2D eigenvalue weighted by molar-refractivity contribution is -0.121. The molecule has 1 heteroatoms. The van der Waals surface area contributed by atoms with Gasteiger partial charge >= 0.3 is 0 Å². The summed E-state index contributed by atoms with van der Waals surface area (Å²) in [5.41, 5.74) is 2.87. The zero-order valence-electron chi connectivity index (χ0n) is 9.61. The van der Waals surface area contributed by atoms with Crippen molar-refractivity contribution in [1.29, 1.82) is 0 Å². The molecule has 84 valence electrons. The van der Waals surface area contributed by atoms with Crippen LogP contribution in [0.3, 0.4) is 0 Å². The van der Waals surface area contributed by atoms with Gasteiger partial charge in [-0.3, -0.25) is 4.79 Å². The van der Waals surface area contributed by atoms with Gasteiger partial charge in [-0.1, -0.05) is 43.5 Å². The summed E-state index contributed by atoms with van der Waals surface area (Å²) in [5, 5.41) is 0. The Morgan fingerprint density at radius 1 is 1.19 bits per heavy atom. The molecule has 1 atom stereocenters. The van der Waals surface area contributed by atoms with E-state index in [2.05, 4.69) is 24.3 Å². The van der Waals surface area contributed by atoms with Crippen LogP contribution in [0.1, 0.15) is 49.1 Å². The van der Waals surface area contributed by atoms with Gasteiger partial charge in [0.1, 0.15) is 5.78 Å². The van der Waals surface area contributed by atoms with Gasteiger partial charge in [0.15, 0.2) is 0 Å². The number of benzene rings is 1. The summed E-state index contributed by atoms with van der Waals surface area (Å²) in [5.74, 6) is 1.75. The quantitative estimate of drug-likeness (QED) is 0.750. The Balaban J connectivity index is 1.55. The standard InChI is InChI=1S/C15H18O/c16-14(8-11-4-3-5-11)10-13-9-12-6-1-2-7-15(12)13/h1-2,6-7,11,13H,3-5,8-10H2. The molecule has 0 aliphatic heterocycles. The maximum atomic E-state index is 11.9. The Bertz CT molecular complexity index is 404. The third kappa shape index (κ3) is 1.79. The zero-order chi connectivity index (χ0) is 11.0. The third-order valence-corrected chi connectivity index (χ3v) is 4.18. The fraction of sp³-hybridized carbons (Fsp3) is 0.533. The van der Waals surface area contributed by atoms with Gasteiger partial charge in [-0.2, -0.15) is 0 Å². The van der Waals surface area contributed by atoms with E-state index in [-0.39, 0.29) is 0 Å². The van der Waals surface area contributed by atoms with E-state index in [1.165, 1.54) is 30.4 Å². The lowest BCUT2D eigenvalue weighted by Crippen LogP contribution is -2.22. The number of rotatable bonds is 4. The summed E-state index contributed by atoms with van der Waals surface area (Å²) in [7, 11) is 0. The molecule has 1 saturated carbocycles. The van der Waals surface area contributed by atoms with Crippen molar-refractivity contribution in [2.75, 3.05) is 0 Å². The highest BCUT2D eigenvalue weighted by Crippen LogP contribution is 2.38. The van der Waals surface area contributed by atoms with E-state index >= 15 is 0 Å². The molecule has 2 aliphatic carbocycles. The molecule has 0 bridgehead atoms. The molecule has 0 amide bonds. The van der Waals surface area contributed by atoms with Gasteiger partial charge in [0.05, 0.1) is 0 Å². The number of hydrogen-bond donors (Lipinski definition) is 0. The second-order valence-corrected chi connectivity index (χ2v) is 5.34. The van der Waals surface area contributed by atoms with Crippen LogP contribution in [0, 0.1) is 5.92 Å². The Morgan fingerprint density at radius 2 is 2.00 bits per heavy atom. The van der Waals surface area contributed by atoms with Crippen LogP contribution in [-0.2, 0) is 11.2 Å². The summed E-state index contributed by atoms with van der Waals surface area (Å²) in [4.78, 5) is 11.9. The minimum atomic E-state index is 0.490. The molecule has 0 heterocycles. The molecule has 0 radical (unpaired) electrons. The number of carbonyl (C=O) groups is 1. The van der Waals surface area contributed by atoms with Crippen molar-refractivity contribution in [3.8, 4) is 0 Å². The van der Waals surface area contributed by atoms with E-state index < -0.39 is 0 Å². The van der Waals surface area contributed by atoms with Crippen molar-refractivity contribution in [1.82, 2.24) is 0 Å². The maximum Gasteiger partial charge on any atom is 0.133 e. The van der Waals surface area contributed by atoms with Gasteiger partial charge in [-0.15, -0.1) is 0 Å². The van der Waals surface area contributed by atoms with E-state index in [9.17, 15) is 4.79 Å². The van der Waals surface area contributed by atoms with Crippen LogP contribution in [0.2, 0.25) is 0 Å². The number of hydrogen-bond acceptors (Lipinski definition) is 1. The molecular formula is C15H18O. The van der Waals surface area contributed by atoms with Crippen molar-refractivity contribution in [3.05, 3.63) is 35.4 Å². The Morgan fingerprint density at radius 3 is 2.69 bits per heavy atom. The number of fused-ring (bicyclic) bond motifs is 1. The topological polar surface area (TPSA) is 17.1 Å². The Hall–Kier alpha value is -1.11. The van der Waals surface area contributed by atoms with Gasteiger partial charge < -0.3 is 0 Å². The van der Waals surface area contributed by atoms with E-state index in [0.29, 0.717) is 11.7 Å². The minimum Gasteiger partial charge on any atom is -0.300 e. The van der Waals surface area contributed by atoms with Crippen molar-refractivity contribution < 1.29 is 4.79 Å². The summed E-state index contributed by atoms with van der Waals surface area (Å²) in [6, 6.07) is 8.54. The van der Waals surface area contributed by atoms with Crippen LogP contribution in [0.5, 0.6) is 0 Å². The van der Waals surface area contributed by atoms with Crippen molar-refractivity contribution >= 4 is 5.78 Å². The maximum absolute atomic E-state index is 11.9. The minimum absolute atomic E-state index is 0.490. The molecule has 16 heavy (non-hydrogen) atoms. The average molecular weight is 214 g/mol. The SMILES string of the molecule is O=C(CC1CCC1)CC1Cc2ccccc21. The fourth-order valence-electron chi connectivity index (χ4n) is 2.92. The predicted octanol–water partition coefficient (Wildman–Crippen LogP) is 3.48. The summed E-state index contributed by atoms with van der Waals surface area (Å²) in [6.45, 7) is 0. The second kappa shape index (κ2) is 4.04. The molecule has 1 aromatic rings. The monoisotopic (exact) mass is 214 g/mol. The highest BCUT2D eigenvalue weighted by molar-refractivity contribution is 5.80. The first-order valence-corrected chi connectivity index (χ1v) is 6.42. The molecule has 1 aromatic carbocycles. The Kier molecular flexibility index (Phi) is 2.55. The van der Waals surface area contributed by atoms with Gasteiger partial charge in [0.25, 0.3) is 0 Å². The van der Waals surface area contributed by atoms with Crippen LogP contribution in [0.25, 0.3) is 0 Å². The lowest BCUT2D eigenvalue weighted by atomic mass is 9.73. The highest BCUT2D eigenvalue weighted by Gasteiger charge is 2.29. The van der Waals surface area contributed by atoms with Crippen LogP contribution >= 0.6 is 0 Å². The van der Waals surface area contributed by atoms with E-state index in [0.717, 1.165) is 25.2 Å². The third-order valence-electron chi connectivity index (χ3n) is 4.18. The lowest BCUT2D eigenvalue weighted by Gasteiger charge is -2.31. The number of carbonyl (C=O) groups excluding carboxylic acids is 1. The van der Waals surface area contributed by atoms with E-state index in [1.54, 1.807) is 0 Å². The van der Waals surface area contributed by atoms with Gasteiger partial charge in [0, 0.05) is 12.8 Å².